The van der Waals surface area contributed by atoms with E-state index in [1.165, 1.54) is 39.2 Å². The number of aromatic hydroxyl groups is 2. The number of Topliss-reactive ketones (excluding diaryl/α,β-unsaturated/α-hetero) is 2. The molecule has 18 nitrogen and oxygen atoms in total. The van der Waals surface area contributed by atoms with Crippen LogP contribution in [-0.2, 0) is 44.5 Å². The van der Waals surface area contributed by atoms with Crippen LogP contribution < -0.4 is 15.4 Å². The number of hydrogen-bond acceptors (Lipinski definition) is 16. The van der Waals surface area contributed by atoms with Crippen LogP contribution in [0.2, 0.25) is 0 Å². The summed E-state index contributed by atoms with van der Waals surface area (Å²) in [6.07, 6.45) is -7.82. The topological polar surface area (TPSA) is 271 Å². The molecule has 1 fully saturated rings. The van der Waals surface area contributed by atoms with Gasteiger partial charge in [0, 0.05) is 48.8 Å². The molecule has 0 saturated carbocycles. The Bertz CT molecular complexity index is 2000. The van der Waals surface area contributed by atoms with E-state index in [1.54, 1.807) is 20.8 Å². The standard InChI is InChI=1S/C39H46N2O16/c1-17(42)10-11-25(44)40-15-26(45)54-16-24(43)39(52)13-20-29(23(14-39)56-27-12-21(32(46)18(2)55-27)41-37(51)57-38(3,4)5)36(50)31-30(34(20)48)33(47)19-8-7-9-22(53-6)28(19)35(31)49/h7-9,18,21,23,27,32,46,48,50,52H,10-16H2,1-6H3,(H,40,44)(H,41,51)/t18?,21?,23-,27?,32?,39?/m0/s1. The molecule has 308 valence electrons. The lowest BCUT2D eigenvalue weighted by Crippen LogP contribution is -2.56. The fourth-order valence-electron chi connectivity index (χ4n) is 7.05. The molecule has 0 bridgehead atoms. The van der Waals surface area contributed by atoms with E-state index in [4.69, 9.17) is 23.7 Å². The van der Waals surface area contributed by atoms with Crippen molar-refractivity contribution in [3.63, 3.8) is 0 Å². The minimum atomic E-state index is -2.50. The van der Waals surface area contributed by atoms with Crippen molar-refractivity contribution in [1.29, 1.82) is 0 Å². The number of phenols is 2. The molecule has 0 radical (unpaired) electrons. The number of aliphatic hydroxyl groups excluding tert-OH is 1. The van der Waals surface area contributed by atoms with Crippen LogP contribution in [0.3, 0.4) is 0 Å². The Morgan fingerprint density at radius 3 is 2.33 bits per heavy atom. The highest BCUT2D eigenvalue weighted by Gasteiger charge is 2.51. The number of aliphatic hydroxyl groups is 2. The highest BCUT2D eigenvalue weighted by molar-refractivity contribution is 6.31. The van der Waals surface area contributed by atoms with Gasteiger partial charge in [0.2, 0.25) is 17.5 Å². The van der Waals surface area contributed by atoms with E-state index in [1.807, 2.05) is 0 Å². The van der Waals surface area contributed by atoms with Gasteiger partial charge in [-0.25, -0.2) is 4.79 Å². The molecule has 0 spiro atoms. The molecule has 1 heterocycles. The van der Waals surface area contributed by atoms with Gasteiger partial charge in [-0.1, -0.05) is 12.1 Å². The normalized spacial score (nSPS) is 24.0. The first kappa shape index (κ1) is 42.7. The number of benzene rings is 2. The third-order valence-electron chi connectivity index (χ3n) is 9.82. The van der Waals surface area contributed by atoms with Crippen LogP contribution in [-0.4, -0.2) is 118 Å². The number of carbonyl (C=O) groups excluding carboxylic acids is 7. The van der Waals surface area contributed by atoms with Gasteiger partial charge in [0.1, 0.15) is 46.9 Å². The van der Waals surface area contributed by atoms with Crippen molar-refractivity contribution in [3.8, 4) is 17.2 Å². The SMILES string of the molecule is COc1cccc2c1C(=O)c1c(O)c3c(c(O)c1C2=O)CC(O)(C(=O)COC(=O)CNC(=O)CCC(C)=O)C[C@@H]3OC1CC(NC(=O)OC(C)(C)C)C(O)C(C)O1. The van der Waals surface area contributed by atoms with Gasteiger partial charge in [0.25, 0.3) is 0 Å². The monoisotopic (exact) mass is 798 g/mol. The molecule has 6 N–H and O–H groups in total. The molecule has 0 aromatic heterocycles. The molecule has 5 rings (SSSR count). The number of phenolic OH excluding ortho intramolecular Hbond substituents is 2. The molecule has 6 atom stereocenters. The fraction of sp³-hybridized carbons (Fsp3) is 0.513. The third-order valence-corrected chi connectivity index (χ3v) is 9.82. The van der Waals surface area contributed by atoms with Gasteiger partial charge in [-0.05, 0) is 40.7 Å². The van der Waals surface area contributed by atoms with Crippen LogP contribution in [0, 0.1) is 0 Å². The average Bonchev–Trinajstić information content (AvgIpc) is 3.13. The summed E-state index contributed by atoms with van der Waals surface area (Å²) in [6, 6.07) is 3.22. The summed E-state index contributed by atoms with van der Waals surface area (Å²) in [4.78, 5) is 89.8. The number of hydrogen-bond donors (Lipinski definition) is 6. The second-order valence-corrected chi connectivity index (χ2v) is 15.2. The highest BCUT2D eigenvalue weighted by atomic mass is 16.7. The first-order valence-corrected chi connectivity index (χ1v) is 18.2. The maximum Gasteiger partial charge on any atom is 0.407 e. The second-order valence-electron chi connectivity index (χ2n) is 15.2. The molecule has 1 saturated heterocycles. The lowest BCUT2D eigenvalue weighted by atomic mass is 9.72. The number of alkyl carbamates (subject to hydrolysis) is 1. The molecule has 1 aliphatic heterocycles. The zero-order chi connectivity index (χ0) is 42.1. The lowest BCUT2D eigenvalue weighted by Gasteiger charge is -2.43. The number of methoxy groups -OCH3 is 1. The predicted octanol–water partition coefficient (Wildman–Crippen LogP) is 1.60. The third kappa shape index (κ3) is 9.09. The molecule has 2 amide bonds. The van der Waals surface area contributed by atoms with E-state index in [-0.39, 0.29) is 53.0 Å². The first-order chi connectivity index (χ1) is 26.6. The molecule has 5 unspecified atom stereocenters. The number of ether oxygens (including phenoxy) is 5. The Balaban J connectivity index is 1.49. The number of ketones is 4. The molecular weight excluding hydrogens is 752 g/mol. The summed E-state index contributed by atoms with van der Waals surface area (Å²) in [6.45, 7) is 6.07. The van der Waals surface area contributed by atoms with Gasteiger partial charge in [-0.2, -0.15) is 0 Å². The molecule has 3 aliphatic rings. The highest BCUT2D eigenvalue weighted by Crippen LogP contribution is 2.52. The Hall–Kier alpha value is -5.43. The molecule has 57 heavy (non-hydrogen) atoms. The van der Waals surface area contributed by atoms with E-state index >= 15 is 0 Å². The zero-order valence-electron chi connectivity index (χ0n) is 32.3. The Labute approximate surface area is 326 Å². The van der Waals surface area contributed by atoms with Gasteiger partial charge in [-0.15, -0.1) is 0 Å². The van der Waals surface area contributed by atoms with Crippen molar-refractivity contribution in [3.05, 3.63) is 51.6 Å². The zero-order valence-corrected chi connectivity index (χ0v) is 32.3. The van der Waals surface area contributed by atoms with Gasteiger partial charge >= 0.3 is 12.1 Å². The van der Waals surface area contributed by atoms with E-state index in [9.17, 15) is 54.0 Å². The summed E-state index contributed by atoms with van der Waals surface area (Å²) < 4.78 is 27.8. The molecule has 18 heteroatoms. The van der Waals surface area contributed by atoms with Crippen molar-refractivity contribution >= 4 is 41.1 Å². The minimum Gasteiger partial charge on any atom is -0.507 e. The summed E-state index contributed by atoms with van der Waals surface area (Å²) in [7, 11) is 1.28. The van der Waals surface area contributed by atoms with Crippen molar-refractivity contribution in [1.82, 2.24) is 10.6 Å². The lowest BCUT2D eigenvalue weighted by molar-refractivity contribution is -0.249. The van der Waals surface area contributed by atoms with Crippen LogP contribution in [0.5, 0.6) is 17.2 Å². The first-order valence-electron chi connectivity index (χ1n) is 18.2. The summed E-state index contributed by atoms with van der Waals surface area (Å²) in [5.74, 6) is -6.30. The largest absolute Gasteiger partial charge is 0.507 e. The van der Waals surface area contributed by atoms with Crippen LogP contribution >= 0.6 is 0 Å². The van der Waals surface area contributed by atoms with E-state index < -0.39 is 126 Å². The van der Waals surface area contributed by atoms with Crippen LogP contribution in [0.1, 0.15) is 109 Å². The van der Waals surface area contributed by atoms with Crippen LogP contribution in [0.4, 0.5) is 4.79 Å². The van der Waals surface area contributed by atoms with E-state index in [2.05, 4.69) is 10.6 Å². The molecule has 2 aliphatic carbocycles. The predicted molar refractivity (Wildman–Crippen MR) is 194 cm³/mol. The van der Waals surface area contributed by atoms with Gasteiger partial charge in [0.05, 0.1) is 42.0 Å². The summed E-state index contributed by atoms with van der Waals surface area (Å²) in [5, 5.41) is 51.3. The second kappa shape index (κ2) is 16.6. The van der Waals surface area contributed by atoms with E-state index in [0.717, 1.165) is 0 Å². The van der Waals surface area contributed by atoms with Crippen LogP contribution in [0.25, 0.3) is 0 Å². The van der Waals surface area contributed by atoms with Gasteiger partial charge in [-0.3, -0.25) is 24.0 Å². The van der Waals surface area contributed by atoms with E-state index in [0.29, 0.717) is 0 Å². The molecule has 2 aromatic rings. The summed E-state index contributed by atoms with van der Waals surface area (Å²) >= 11 is 0. The van der Waals surface area contributed by atoms with Gasteiger partial charge in [0.15, 0.2) is 18.7 Å². The number of carbonyl (C=O) groups is 7. The van der Waals surface area contributed by atoms with Gasteiger partial charge < -0.3 is 59.5 Å². The molecular formula is C39H46N2O16. The molecule has 2 aromatic carbocycles. The number of nitrogens with one attached hydrogen (secondary N) is 2. The van der Waals surface area contributed by atoms with Crippen molar-refractivity contribution in [2.45, 2.75) is 109 Å². The summed E-state index contributed by atoms with van der Waals surface area (Å²) in [5.41, 5.74) is -5.43. The van der Waals surface area contributed by atoms with Crippen LogP contribution in [0.15, 0.2) is 18.2 Å². The number of fused-ring (bicyclic) bond motifs is 3. The number of esters is 1. The Kier molecular flexibility index (Phi) is 12.4. The average molecular weight is 799 g/mol. The maximum atomic E-state index is 14.0. The Morgan fingerprint density at radius 1 is 1.00 bits per heavy atom. The smallest absolute Gasteiger partial charge is 0.407 e. The maximum absolute atomic E-state index is 14.0. The minimum absolute atomic E-state index is 0.0257. The number of amides is 2. The van der Waals surface area contributed by atoms with Crippen molar-refractivity contribution in [2.24, 2.45) is 0 Å². The van der Waals surface area contributed by atoms with Crippen molar-refractivity contribution < 1.29 is 77.7 Å². The quantitative estimate of drug-likeness (QED) is 0.112. The van der Waals surface area contributed by atoms with Crippen molar-refractivity contribution in [2.75, 3.05) is 20.3 Å². The number of rotatable bonds is 12. The fourth-order valence-corrected chi connectivity index (χ4v) is 7.05. The Morgan fingerprint density at radius 2 is 1.68 bits per heavy atom.